The Kier molecular flexibility index (Phi) is 5.91. The highest BCUT2D eigenvalue weighted by Crippen LogP contribution is 2.29. The number of nitrogens with zero attached hydrogens (tertiary/aromatic N) is 3. The van der Waals surface area contributed by atoms with Gasteiger partial charge in [-0.2, -0.15) is 4.98 Å². The van der Waals surface area contributed by atoms with Crippen molar-refractivity contribution >= 4 is 29.1 Å². The third-order valence-electron chi connectivity index (χ3n) is 4.44. The first-order valence-electron chi connectivity index (χ1n) is 9.06. The summed E-state index contributed by atoms with van der Waals surface area (Å²) in [5, 5.41) is 7.54. The lowest BCUT2D eigenvalue weighted by atomic mass is 10.1. The Morgan fingerprint density at radius 3 is 2.33 bits per heavy atom. The Morgan fingerprint density at radius 1 is 1.04 bits per heavy atom. The van der Waals surface area contributed by atoms with Gasteiger partial charge in [0.2, 0.25) is 5.95 Å². The molecule has 6 heteroatoms. The van der Waals surface area contributed by atoms with Gasteiger partial charge in [-0.05, 0) is 62.6 Å². The van der Waals surface area contributed by atoms with E-state index in [0.29, 0.717) is 5.95 Å². The predicted octanol–water partition coefficient (Wildman–Crippen LogP) is 5.76. The van der Waals surface area contributed by atoms with Gasteiger partial charge in [-0.15, -0.1) is 0 Å². The fraction of sp³-hybridized carbons (Fsp3) is 0.286. The smallest absolute Gasteiger partial charge is 0.225 e. The number of nitrogens with one attached hydrogen (secondary N) is 2. The van der Waals surface area contributed by atoms with Crippen molar-refractivity contribution in [3.05, 3.63) is 58.9 Å². The lowest BCUT2D eigenvalue weighted by molar-refractivity contribution is 0.753. The van der Waals surface area contributed by atoms with Crippen LogP contribution in [-0.2, 0) is 0 Å². The predicted molar refractivity (Wildman–Crippen MR) is 113 cm³/mol. The Labute approximate surface area is 165 Å². The second-order valence-electron chi connectivity index (χ2n) is 6.69. The summed E-state index contributed by atoms with van der Waals surface area (Å²) in [4.78, 5) is 13.4. The zero-order valence-electron chi connectivity index (χ0n) is 16.0. The largest absolute Gasteiger partial charge is 0.352 e. The molecule has 0 aliphatic carbocycles. The van der Waals surface area contributed by atoms with Crippen LogP contribution < -0.4 is 10.6 Å². The van der Waals surface area contributed by atoms with E-state index in [-0.39, 0.29) is 6.04 Å². The average molecular weight is 382 g/mol. The number of aromatic nitrogens is 3. The van der Waals surface area contributed by atoms with E-state index in [0.717, 1.165) is 45.3 Å². The number of rotatable bonds is 6. The first kappa shape index (κ1) is 19.1. The van der Waals surface area contributed by atoms with Crippen molar-refractivity contribution < 1.29 is 0 Å². The number of anilines is 3. The van der Waals surface area contributed by atoms with Crippen LogP contribution in [0.2, 0.25) is 5.02 Å². The van der Waals surface area contributed by atoms with Crippen LogP contribution in [0.15, 0.2) is 42.7 Å². The fourth-order valence-electron chi connectivity index (χ4n) is 2.80. The molecule has 0 aliphatic heterocycles. The van der Waals surface area contributed by atoms with Crippen molar-refractivity contribution in [1.82, 2.24) is 15.0 Å². The van der Waals surface area contributed by atoms with Crippen LogP contribution in [0.25, 0.3) is 11.3 Å². The highest BCUT2D eigenvalue weighted by Gasteiger charge is 2.11. The lowest BCUT2D eigenvalue weighted by Gasteiger charge is -2.16. The van der Waals surface area contributed by atoms with Gasteiger partial charge in [0, 0.05) is 40.8 Å². The van der Waals surface area contributed by atoms with Crippen molar-refractivity contribution in [2.75, 3.05) is 10.6 Å². The molecular formula is C21H24ClN5. The lowest BCUT2D eigenvalue weighted by Crippen LogP contribution is -2.16. The molecule has 0 unspecified atom stereocenters. The van der Waals surface area contributed by atoms with E-state index in [2.05, 4.69) is 39.4 Å². The fourth-order valence-corrected chi connectivity index (χ4v) is 3.13. The minimum atomic E-state index is 0.282. The number of hydrogen-bond acceptors (Lipinski definition) is 5. The summed E-state index contributed by atoms with van der Waals surface area (Å²) >= 11 is 6.16. The quantitative estimate of drug-likeness (QED) is 0.568. The second kappa shape index (κ2) is 8.35. The Hall–Kier alpha value is -2.66. The van der Waals surface area contributed by atoms with Crippen molar-refractivity contribution in [2.24, 2.45) is 0 Å². The van der Waals surface area contributed by atoms with Gasteiger partial charge in [-0.3, -0.25) is 4.98 Å². The highest BCUT2D eigenvalue weighted by molar-refractivity contribution is 6.30. The minimum Gasteiger partial charge on any atom is -0.352 e. The molecule has 0 amide bonds. The van der Waals surface area contributed by atoms with E-state index < -0.39 is 0 Å². The SMILES string of the molecule is CC[C@@H](C)Nc1nc(Nc2c(C)cc(Cl)cc2C)cc(-c2ccncc2)n1. The summed E-state index contributed by atoms with van der Waals surface area (Å²) < 4.78 is 0. The van der Waals surface area contributed by atoms with Crippen molar-refractivity contribution in [3.63, 3.8) is 0 Å². The maximum absolute atomic E-state index is 6.16. The van der Waals surface area contributed by atoms with Crippen molar-refractivity contribution in [3.8, 4) is 11.3 Å². The van der Waals surface area contributed by atoms with Crippen molar-refractivity contribution in [2.45, 2.75) is 40.2 Å². The van der Waals surface area contributed by atoms with Gasteiger partial charge in [0.15, 0.2) is 0 Å². The highest BCUT2D eigenvalue weighted by atomic mass is 35.5. The number of aryl methyl sites for hydroxylation is 2. The second-order valence-corrected chi connectivity index (χ2v) is 7.13. The third-order valence-corrected chi connectivity index (χ3v) is 4.66. The molecule has 2 heterocycles. The summed E-state index contributed by atoms with van der Waals surface area (Å²) in [6.45, 7) is 8.31. The normalized spacial score (nSPS) is 11.9. The molecule has 1 aromatic carbocycles. The van der Waals surface area contributed by atoms with Gasteiger partial charge in [-0.25, -0.2) is 4.98 Å². The number of pyridine rings is 1. The topological polar surface area (TPSA) is 62.7 Å². The molecule has 0 saturated carbocycles. The molecule has 0 bridgehead atoms. The molecule has 1 atom stereocenters. The van der Waals surface area contributed by atoms with Gasteiger partial charge in [0.05, 0.1) is 5.69 Å². The van der Waals surface area contributed by atoms with E-state index in [4.69, 9.17) is 11.6 Å². The molecule has 3 aromatic rings. The van der Waals surface area contributed by atoms with Gasteiger partial charge >= 0.3 is 0 Å². The molecule has 0 fully saturated rings. The van der Waals surface area contributed by atoms with Gasteiger partial charge in [0.25, 0.3) is 0 Å². The van der Waals surface area contributed by atoms with Crippen LogP contribution in [0.5, 0.6) is 0 Å². The molecule has 0 saturated heterocycles. The van der Waals surface area contributed by atoms with Crippen LogP contribution in [0, 0.1) is 13.8 Å². The third kappa shape index (κ3) is 4.74. The Balaban J connectivity index is 2.02. The molecule has 2 N–H and O–H groups in total. The van der Waals surface area contributed by atoms with E-state index >= 15 is 0 Å². The number of benzene rings is 1. The first-order valence-corrected chi connectivity index (χ1v) is 9.44. The average Bonchev–Trinajstić information content (AvgIpc) is 2.65. The molecule has 2 aromatic heterocycles. The van der Waals surface area contributed by atoms with Crippen molar-refractivity contribution in [1.29, 1.82) is 0 Å². The standard InChI is InChI=1S/C21H24ClN5/c1-5-15(4)24-21-25-18(16-6-8-23-9-7-16)12-19(27-21)26-20-13(2)10-17(22)11-14(20)3/h6-12,15H,5H2,1-4H3,(H2,24,25,26,27)/t15-/m1/s1. The monoisotopic (exact) mass is 381 g/mol. The van der Waals surface area contributed by atoms with E-state index in [1.807, 2.05) is 44.2 Å². The zero-order valence-corrected chi connectivity index (χ0v) is 16.8. The first-order chi connectivity index (χ1) is 13.0. The van der Waals surface area contributed by atoms with Crippen LogP contribution in [-0.4, -0.2) is 21.0 Å². The summed E-state index contributed by atoms with van der Waals surface area (Å²) in [5.41, 5.74) is 4.98. The minimum absolute atomic E-state index is 0.282. The summed E-state index contributed by atoms with van der Waals surface area (Å²) in [6, 6.07) is 10.0. The van der Waals surface area contributed by atoms with Crippen LogP contribution >= 0.6 is 11.6 Å². The Morgan fingerprint density at radius 2 is 1.70 bits per heavy atom. The van der Waals surface area contributed by atoms with Crippen LogP contribution in [0.3, 0.4) is 0 Å². The maximum atomic E-state index is 6.16. The van der Waals surface area contributed by atoms with Gasteiger partial charge in [-0.1, -0.05) is 18.5 Å². The molecule has 0 spiro atoms. The van der Waals surface area contributed by atoms with Gasteiger partial charge < -0.3 is 10.6 Å². The molecule has 5 nitrogen and oxygen atoms in total. The number of hydrogen-bond donors (Lipinski definition) is 2. The van der Waals surface area contributed by atoms with E-state index in [9.17, 15) is 0 Å². The summed E-state index contributed by atoms with van der Waals surface area (Å²) in [5.74, 6) is 1.33. The summed E-state index contributed by atoms with van der Waals surface area (Å²) in [7, 11) is 0. The number of halogens is 1. The molecule has 0 aliphatic rings. The van der Waals surface area contributed by atoms with E-state index in [1.54, 1.807) is 12.4 Å². The molecular weight excluding hydrogens is 358 g/mol. The zero-order chi connectivity index (χ0) is 19.4. The Bertz CT molecular complexity index is 904. The molecule has 0 radical (unpaired) electrons. The van der Waals surface area contributed by atoms with Gasteiger partial charge in [0.1, 0.15) is 5.82 Å². The molecule has 27 heavy (non-hydrogen) atoms. The van der Waals surface area contributed by atoms with Crippen LogP contribution in [0.4, 0.5) is 17.5 Å². The van der Waals surface area contributed by atoms with E-state index in [1.165, 1.54) is 0 Å². The summed E-state index contributed by atoms with van der Waals surface area (Å²) in [6.07, 6.45) is 4.51. The maximum Gasteiger partial charge on any atom is 0.225 e. The molecule has 140 valence electrons. The van der Waals surface area contributed by atoms with Crippen LogP contribution in [0.1, 0.15) is 31.4 Å². The molecule has 3 rings (SSSR count).